The molecule has 0 bridgehead atoms. The number of hydrogen-bond acceptors (Lipinski definition) is 4. The third kappa shape index (κ3) is 2.76. The van der Waals surface area contributed by atoms with Crippen LogP contribution in [-0.2, 0) is 14.3 Å². The Labute approximate surface area is 110 Å². The SMILES string of the molecule is CN1CCOC(C(=O)C2CC(C)(C)OC2(C)C)C1. The van der Waals surface area contributed by atoms with Crippen LogP contribution in [0.1, 0.15) is 34.1 Å². The molecule has 0 N–H and O–H groups in total. The number of ketones is 1. The molecule has 0 aromatic carbocycles. The van der Waals surface area contributed by atoms with E-state index < -0.39 is 0 Å². The van der Waals surface area contributed by atoms with Crippen LogP contribution in [0.15, 0.2) is 0 Å². The van der Waals surface area contributed by atoms with Crippen LogP contribution in [0.3, 0.4) is 0 Å². The normalized spacial score (nSPS) is 35.6. The quantitative estimate of drug-likeness (QED) is 0.749. The summed E-state index contributed by atoms with van der Waals surface area (Å²) in [5.74, 6) is 0.140. The molecule has 2 atom stereocenters. The number of likely N-dealkylation sites (N-methyl/N-ethyl adjacent to an activating group) is 1. The topological polar surface area (TPSA) is 38.8 Å². The Hall–Kier alpha value is -0.450. The van der Waals surface area contributed by atoms with Crippen LogP contribution in [-0.4, -0.2) is 54.7 Å². The molecule has 2 heterocycles. The van der Waals surface area contributed by atoms with Crippen molar-refractivity contribution >= 4 is 5.78 Å². The van der Waals surface area contributed by atoms with E-state index >= 15 is 0 Å². The van der Waals surface area contributed by atoms with Crippen molar-refractivity contribution in [2.75, 3.05) is 26.7 Å². The zero-order chi connectivity index (χ0) is 13.6. The van der Waals surface area contributed by atoms with Crippen molar-refractivity contribution in [2.24, 2.45) is 5.92 Å². The molecule has 0 aliphatic carbocycles. The van der Waals surface area contributed by atoms with Gasteiger partial charge in [0.05, 0.1) is 23.7 Å². The zero-order valence-electron chi connectivity index (χ0n) is 12.2. The van der Waals surface area contributed by atoms with Gasteiger partial charge in [-0.1, -0.05) is 0 Å². The Bertz CT molecular complexity index is 338. The Morgan fingerprint density at radius 1 is 1.28 bits per heavy atom. The number of rotatable bonds is 2. The first-order valence-corrected chi connectivity index (χ1v) is 6.75. The molecule has 0 saturated carbocycles. The van der Waals surface area contributed by atoms with Crippen molar-refractivity contribution in [3.05, 3.63) is 0 Å². The second-order valence-electron chi connectivity index (χ2n) is 6.75. The van der Waals surface area contributed by atoms with Gasteiger partial charge in [-0.3, -0.25) is 4.79 Å². The van der Waals surface area contributed by atoms with Gasteiger partial charge in [0, 0.05) is 13.1 Å². The summed E-state index contributed by atoms with van der Waals surface area (Å²) in [5.41, 5.74) is -0.607. The van der Waals surface area contributed by atoms with Crippen molar-refractivity contribution < 1.29 is 14.3 Å². The van der Waals surface area contributed by atoms with E-state index in [2.05, 4.69) is 18.7 Å². The van der Waals surface area contributed by atoms with Crippen LogP contribution in [0.25, 0.3) is 0 Å². The maximum Gasteiger partial charge on any atom is 0.168 e. The first-order chi connectivity index (χ1) is 8.21. The smallest absolute Gasteiger partial charge is 0.168 e. The van der Waals surface area contributed by atoms with Crippen LogP contribution in [0.5, 0.6) is 0 Å². The Morgan fingerprint density at radius 3 is 2.44 bits per heavy atom. The standard InChI is InChI=1S/C14H25NO3/c1-13(2)8-10(14(3,4)18-13)12(16)11-9-15(5)6-7-17-11/h10-11H,6-9H2,1-5H3. The molecule has 2 aliphatic rings. The van der Waals surface area contributed by atoms with E-state index in [1.165, 1.54) is 0 Å². The van der Waals surface area contributed by atoms with Crippen molar-refractivity contribution in [1.82, 2.24) is 4.90 Å². The van der Waals surface area contributed by atoms with Gasteiger partial charge in [0.1, 0.15) is 6.10 Å². The fraction of sp³-hybridized carbons (Fsp3) is 0.929. The highest BCUT2D eigenvalue weighted by molar-refractivity contribution is 5.87. The van der Waals surface area contributed by atoms with E-state index in [1.807, 2.05) is 20.9 Å². The third-order valence-corrected chi connectivity index (χ3v) is 4.00. The highest BCUT2D eigenvalue weighted by Gasteiger charge is 2.50. The summed E-state index contributed by atoms with van der Waals surface area (Å²) in [5, 5.41) is 0. The molecular formula is C14H25NO3. The van der Waals surface area contributed by atoms with Crippen molar-refractivity contribution in [3.8, 4) is 0 Å². The minimum atomic E-state index is -0.389. The number of hydrogen-bond donors (Lipinski definition) is 0. The van der Waals surface area contributed by atoms with Crippen molar-refractivity contribution in [2.45, 2.75) is 51.4 Å². The van der Waals surface area contributed by atoms with Gasteiger partial charge < -0.3 is 14.4 Å². The highest BCUT2D eigenvalue weighted by Crippen LogP contribution is 2.43. The summed E-state index contributed by atoms with van der Waals surface area (Å²) in [6, 6.07) is 0. The van der Waals surface area contributed by atoms with Crippen LogP contribution < -0.4 is 0 Å². The molecule has 0 aromatic rings. The minimum absolute atomic E-state index is 0.0657. The molecule has 2 saturated heterocycles. The Morgan fingerprint density at radius 2 is 1.94 bits per heavy atom. The molecule has 0 spiro atoms. The van der Waals surface area contributed by atoms with Crippen molar-refractivity contribution in [3.63, 3.8) is 0 Å². The number of Topliss-reactive ketones (excluding diaryl/α,β-unsaturated/α-hetero) is 1. The first kappa shape index (κ1) is 14.0. The van der Waals surface area contributed by atoms with Crippen LogP contribution in [0.2, 0.25) is 0 Å². The largest absolute Gasteiger partial charge is 0.369 e. The molecule has 2 unspecified atom stereocenters. The number of carbonyl (C=O) groups is 1. The average Bonchev–Trinajstić information content (AvgIpc) is 2.45. The molecular weight excluding hydrogens is 230 g/mol. The van der Waals surface area contributed by atoms with E-state index in [9.17, 15) is 4.79 Å². The van der Waals surface area contributed by atoms with Crippen LogP contribution in [0, 0.1) is 5.92 Å². The summed E-state index contributed by atoms with van der Waals surface area (Å²) in [7, 11) is 2.03. The molecule has 2 aliphatic heterocycles. The third-order valence-electron chi connectivity index (χ3n) is 4.00. The van der Waals surface area contributed by atoms with Gasteiger partial charge in [-0.2, -0.15) is 0 Å². The zero-order valence-corrected chi connectivity index (χ0v) is 12.2. The number of ether oxygens (including phenoxy) is 2. The molecule has 0 amide bonds. The van der Waals surface area contributed by atoms with Gasteiger partial charge in [-0.15, -0.1) is 0 Å². The van der Waals surface area contributed by atoms with Gasteiger partial charge >= 0.3 is 0 Å². The first-order valence-electron chi connectivity index (χ1n) is 6.75. The minimum Gasteiger partial charge on any atom is -0.369 e. The predicted molar refractivity (Wildman–Crippen MR) is 69.6 cm³/mol. The maximum absolute atomic E-state index is 12.6. The average molecular weight is 255 g/mol. The molecule has 104 valence electrons. The lowest BCUT2D eigenvalue weighted by Crippen LogP contribution is -2.48. The van der Waals surface area contributed by atoms with Gasteiger partial charge in [0.15, 0.2) is 5.78 Å². The Kier molecular flexibility index (Phi) is 3.56. The van der Waals surface area contributed by atoms with E-state index in [-0.39, 0.29) is 29.0 Å². The van der Waals surface area contributed by atoms with Gasteiger partial charge in [-0.25, -0.2) is 0 Å². The van der Waals surface area contributed by atoms with Gasteiger partial charge in [0.25, 0.3) is 0 Å². The summed E-state index contributed by atoms with van der Waals surface area (Å²) in [6.45, 7) is 10.4. The summed E-state index contributed by atoms with van der Waals surface area (Å²) in [4.78, 5) is 14.8. The van der Waals surface area contributed by atoms with Gasteiger partial charge in [-0.05, 0) is 41.2 Å². The molecule has 0 radical (unpaired) electrons. The number of nitrogens with zero attached hydrogens (tertiary/aromatic N) is 1. The second-order valence-corrected chi connectivity index (χ2v) is 6.75. The lowest BCUT2D eigenvalue weighted by molar-refractivity contribution is -0.145. The van der Waals surface area contributed by atoms with E-state index in [4.69, 9.17) is 9.47 Å². The molecule has 2 rings (SSSR count). The highest BCUT2D eigenvalue weighted by atomic mass is 16.5. The lowest BCUT2D eigenvalue weighted by Gasteiger charge is -2.33. The van der Waals surface area contributed by atoms with E-state index in [1.54, 1.807) is 0 Å². The summed E-state index contributed by atoms with van der Waals surface area (Å²) in [6.07, 6.45) is 0.494. The second kappa shape index (κ2) is 4.58. The van der Waals surface area contributed by atoms with E-state index in [0.717, 1.165) is 13.0 Å². The van der Waals surface area contributed by atoms with Crippen molar-refractivity contribution in [1.29, 1.82) is 0 Å². The monoisotopic (exact) mass is 255 g/mol. The Balaban J connectivity index is 2.09. The number of morpholine rings is 1. The van der Waals surface area contributed by atoms with Gasteiger partial charge in [0.2, 0.25) is 0 Å². The van der Waals surface area contributed by atoms with Crippen LogP contribution in [0.4, 0.5) is 0 Å². The fourth-order valence-electron chi connectivity index (χ4n) is 3.18. The lowest BCUT2D eigenvalue weighted by atomic mass is 9.82. The maximum atomic E-state index is 12.6. The molecule has 4 heteroatoms. The summed E-state index contributed by atoms with van der Waals surface area (Å²) >= 11 is 0. The molecule has 0 aromatic heterocycles. The molecule has 18 heavy (non-hydrogen) atoms. The molecule has 4 nitrogen and oxygen atoms in total. The van der Waals surface area contributed by atoms with E-state index in [0.29, 0.717) is 13.2 Å². The predicted octanol–water partition coefficient (Wildman–Crippen LogP) is 1.48. The fourth-order valence-corrected chi connectivity index (χ4v) is 3.18. The summed E-state index contributed by atoms with van der Waals surface area (Å²) < 4.78 is 11.6. The molecule has 2 fully saturated rings. The number of carbonyl (C=O) groups excluding carboxylic acids is 1. The van der Waals surface area contributed by atoms with Crippen LogP contribution >= 0.6 is 0 Å².